The summed E-state index contributed by atoms with van der Waals surface area (Å²) in [5, 5.41) is 8.67. The van der Waals surface area contributed by atoms with Crippen LogP contribution in [-0.4, -0.2) is 16.1 Å². The third kappa shape index (κ3) is 2.63. The first-order valence-corrected chi connectivity index (χ1v) is 5.14. The second-order valence-corrected chi connectivity index (χ2v) is 3.41. The van der Waals surface area contributed by atoms with Gasteiger partial charge in [-0.1, -0.05) is 19.1 Å². The number of nitrogens with zero attached hydrogens (tertiary/aromatic N) is 1. The molecule has 0 aliphatic carbocycles. The molecule has 0 bridgehead atoms. The van der Waals surface area contributed by atoms with Crippen molar-refractivity contribution in [1.29, 1.82) is 0 Å². The lowest BCUT2D eigenvalue weighted by molar-refractivity contribution is 0.0690. The Morgan fingerprint density at radius 3 is 3.00 bits per heavy atom. The monoisotopic (exact) mass is 233 g/mol. The summed E-state index contributed by atoms with van der Waals surface area (Å²) in [4.78, 5) is 14.3. The number of rotatable bonds is 4. The van der Waals surface area contributed by atoms with E-state index in [1.807, 2.05) is 25.1 Å². The Labute approximate surface area is 97.7 Å². The van der Waals surface area contributed by atoms with Gasteiger partial charge in [-0.2, -0.15) is 4.98 Å². The van der Waals surface area contributed by atoms with E-state index in [1.54, 1.807) is 6.07 Å². The van der Waals surface area contributed by atoms with Gasteiger partial charge in [0, 0.05) is 0 Å². The van der Waals surface area contributed by atoms with Gasteiger partial charge in [0.2, 0.25) is 0 Å². The fourth-order valence-corrected chi connectivity index (χ4v) is 1.33. The van der Waals surface area contributed by atoms with Gasteiger partial charge in [-0.3, -0.25) is 0 Å². The predicted octanol–water partition coefficient (Wildman–Crippen LogP) is 2.73. The van der Waals surface area contributed by atoms with Gasteiger partial charge in [-0.15, -0.1) is 0 Å². The van der Waals surface area contributed by atoms with E-state index in [0.717, 1.165) is 18.2 Å². The topological polar surface area (TPSA) is 72.6 Å². The number of hydrogen-bond donors (Lipinski definition) is 1. The first-order valence-electron chi connectivity index (χ1n) is 5.14. The number of oxazole rings is 1. The molecule has 0 aliphatic heterocycles. The molecule has 0 radical (unpaired) electrons. The molecule has 0 aliphatic rings. The van der Waals surface area contributed by atoms with E-state index in [0.29, 0.717) is 5.75 Å². The average Bonchev–Trinajstić information content (AvgIpc) is 2.78. The molecule has 88 valence electrons. The molecule has 0 saturated heterocycles. The minimum absolute atomic E-state index is 0.0735. The van der Waals surface area contributed by atoms with Crippen molar-refractivity contribution < 1.29 is 19.1 Å². The molecule has 1 aromatic carbocycles. The Balaban J connectivity index is 2.16. The molecule has 5 nitrogen and oxygen atoms in total. The van der Waals surface area contributed by atoms with Crippen LogP contribution in [-0.2, 0) is 6.42 Å². The van der Waals surface area contributed by atoms with Gasteiger partial charge in [-0.25, -0.2) is 4.79 Å². The van der Waals surface area contributed by atoms with Crippen LogP contribution in [0.1, 0.15) is 23.0 Å². The maximum absolute atomic E-state index is 10.6. The van der Waals surface area contributed by atoms with Crippen LogP contribution in [0.4, 0.5) is 0 Å². The maximum Gasteiger partial charge on any atom is 0.399 e. The zero-order valence-electron chi connectivity index (χ0n) is 9.21. The summed E-state index contributed by atoms with van der Waals surface area (Å²) in [6.45, 7) is 2.03. The molecule has 17 heavy (non-hydrogen) atoms. The minimum atomic E-state index is -1.15. The lowest BCUT2D eigenvalue weighted by Crippen LogP contribution is -1.95. The van der Waals surface area contributed by atoms with E-state index in [4.69, 9.17) is 14.3 Å². The largest absolute Gasteiger partial charge is 0.476 e. The molecule has 1 heterocycles. The highest BCUT2D eigenvalue weighted by molar-refractivity contribution is 5.84. The molecule has 0 spiro atoms. The van der Waals surface area contributed by atoms with Crippen molar-refractivity contribution >= 4 is 5.97 Å². The Bertz CT molecular complexity index is 533. The fourth-order valence-electron chi connectivity index (χ4n) is 1.33. The van der Waals surface area contributed by atoms with Crippen LogP contribution in [0, 0.1) is 0 Å². The van der Waals surface area contributed by atoms with Crippen molar-refractivity contribution in [2.24, 2.45) is 0 Å². The molecule has 0 fully saturated rings. The number of carboxylic acid groups (broad SMARTS) is 1. The number of aryl methyl sites for hydroxylation is 1. The predicted molar refractivity (Wildman–Crippen MR) is 59.4 cm³/mol. The van der Waals surface area contributed by atoms with E-state index >= 15 is 0 Å². The lowest BCUT2D eigenvalue weighted by atomic mass is 10.2. The first kappa shape index (κ1) is 11.2. The van der Waals surface area contributed by atoms with Gasteiger partial charge < -0.3 is 14.3 Å². The fraction of sp³-hybridized carbons (Fsp3) is 0.167. The van der Waals surface area contributed by atoms with Crippen LogP contribution < -0.4 is 4.74 Å². The summed E-state index contributed by atoms with van der Waals surface area (Å²) in [7, 11) is 0. The molecule has 0 saturated carbocycles. The molecular weight excluding hydrogens is 222 g/mol. The van der Waals surface area contributed by atoms with Crippen molar-refractivity contribution in [1.82, 2.24) is 4.98 Å². The van der Waals surface area contributed by atoms with Crippen LogP contribution in [0.25, 0.3) is 0 Å². The Hall–Kier alpha value is -2.30. The van der Waals surface area contributed by atoms with Crippen molar-refractivity contribution in [3.63, 3.8) is 0 Å². The number of aromatic carboxylic acids is 1. The first-order chi connectivity index (χ1) is 8.19. The Morgan fingerprint density at radius 2 is 2.35 bits per heavy atom. The molecule has 1 N–H and O–H groups in total. The van der Waals surface area contributed by atoms with Gasteiger partial charge in [0.1, 0.15) is 12.0 Å². The number of carbonyl (C=O) groups is 1. The molecule has 0 atom stereocenters. The number of benzene rings is 1. The highest BCUT2D eigenvalue weighted by Crippen LogP contribution is 2.21. The second-order valence-electron chi connectivity index (χ2n) is 3.41. The Kier molecular flexibility index (Phi) is 3.09. The number of ether oxygens (including phenoxy) is 1. The van der Waals surface area contributed by atoms with Crippen molar-refractivity contribution in [2.45, 2.75) is 13.3 Å². The van der Waals surface area contributed by atoms with Gasteiger partial charge in [0.25, 0.3) is 0 Å². The maximum atomic E-state index is 10.6. The normalized spacial score (nSPS) is 10.2. The average molecular weight is 233 g/mol. The van der Waals surface area contributed by atoms with E-state index in [2.05, 4.69) is 4.98 Å². The molecular formula is C12H11NO4. The van der Waals surface area contributed by atoms with Gasteiger partial charge in [-0.05, 0) is 24.1 Å². The second kappa shape index (κ2) is 4.69. The summed E-state index contributed by atoms with van der Waals surface area (Å²) in [5.41, 5.74) is 0.944. The van der Waals surface area contributed by atoms with E-state index < -0.39 is 5.97 Å². The van der Waals surface area contributed by atoms with E-state index in [-0.39, 0.29) is 11.8 Å². The van der Waals surface area contributed by atoms with Crippen LogP contribution in [0.15, 0.2) is 34.9 Å². The molecule has 5 heteroatoms. The minimum Gasteiger partial charge on any atom is -0.476 e. The van der Waals surface area contributed by atoms with Crippen molar-refractivity contribution in [3.8, 4) is 11.8 Å². The van der Waals surface area contributed by atoms with Crippen LogP contribution >= 0.6 is 0 Å². The van der Waals surface area contributed by atoms with E-state index in [9.17, 15) is 4.79 Å². The molecule has 2 aromatic rings. The van der Waals surface area contributed by atoms with E-state index in [1.165, 1.54) is 0 Å². The van der Waals surface area contributed by atoms with Crippen molar-refractivity contribution in [3.05, 3.63) is 41.8 Å². The summed E-state index contributed by atoms with van der Waals surface area (Å²) < 4.78 is 10.2. The number of aromatic nitrogens is 1. The van der Waals surface area contributed by atoms with Crippen LogP contribution in [0.5, 0.6) is 11.8 Å². The van der Waals surface area contributed by atoms with Crippen molar-refractivity contribution in [2.75, 3.05) is 0 Å². The summed E-state index contributed by atoms with van der Waals surface area (Å²) >= 11 is 0. The summed E-state index contributed by atoms with van der Waals surface area (Å²) in [6, 6.07) is 7.44. The van der Waals surface area contributed by atoms with Gasteiger partial charge in [0.05, 0.1) is 0 Å². The third-order valence-electron chi connectivity index (χ3n) is 2.21. The Morgan fingerprint density at radius 1 is 1.53 bits per heavy atom. The standard InChI is InChI=1S/C12H11NO4/c1-2-8-4-3-5-9(6-8)17-12-13-10(7-16-12)11(14)15/h3-7H,2H2,1H3,(H,14,15). The lowest BCUT2D eigenvalue weighted by Gasteiger charge is -2.02. The smallest absolute Gasteiger partial charge is 0.399 e. The molecule has 0 unspecified atom stereocenters. The molecule has 1 aromatic heterocycles. The zero-order valence-corrected chi connectivity index (χ0v) is 9.21. The summed E-state index contributed by atoms with van der Waals surface area (Å²) in [5.74, 6) is -0.575. The van der Waals surface area contributed by atoms with Gasteiger partial charge >= 0.3 is 12.0 Å². The SMILES string of the molecule is CCc1cccc(Oc2nc(C(=O)O)co2)c1. The highest BCUT2D eigenvalue weighted by atomic mass is 16.6. The van der Waals surface area contributed by atoms with Crippen LogP contribution in [0.2, 0.25) is 0 Å². The molecule has 2 rings (SSSR count). The number of carboxylic acids is 1. The highest BCUT2D eigenvalue weighted by Gasteiger charge is 2.11. The molecule has 0 amide bonds. The number of hydrogen-bond acceptors (Lipinski definition) is 4. The van der Waals surface area contributed by atoms with Gasteiger partial charge in [0.15, 0.2) is 5.69 Å². The quantitative estimate of drug-likeness (QED) is 0.878. The summed E-state index contributed by atoms with van der Waals surface area (Å²) in [6.07, 6.45) is 1.86. The van der Waals surface area contributed by atoms with Crippen LogP contribution in [0.3, 0.4) is 0 Å². The third-order valence-corrected chi connectivity index (χ3v) is 2.21. The zero-order chi connectivity index (χ0) is 12.3.